The lowest BCUT2D eigenvalue weighted by Crippen LogP contribution is -2.31. The Hall–Kier alpha value is -2.26. The quantitative estimate of drug-likeness (QED) is 0.523. The Morgan fingerprint density at radius 3 is 2.50 bits per heavy atom. The summed E-state index contributed by atoms with van der Waals surface area (Å²) in [4.78, 5) is 16.8. The number of benzene rings is 2. The summed E-state index contributed by atoms with van der Waals surface area (Å²) in [6, 6.07) is 14.3. The number of thiazole rings is 1. The number of amides is 1. The minimum absolute atomic E-state index is 0.0804. The third-order valence-corrected chi connectivity index (χ3v) is 6.73. The maximum absolute atomic E-state index is 12.4. The van der Waals surface area contributed by atoms with Gasteiger partial charge in [0.15, 0.2) is 0 Å². The second-order valence-corrected chi connectivity index (χ2v) is 10.1. The Balaban J connectivity index is 1.57. The van der Waals surface area contributed by atoms with Gasteiger partial charge in [0.1, 0.15) is 10.7 Å². The fraction of sp³-hybridized carbons (Fsp3) is 0.238. The number of hydrogen-bond acceptors (Lipinski definition) is 5. The summed E-state index contributed by atoms with van der Waals surface area (Å²) in [5, 5.41) is 5.88. The van der Waals surface area contributed by atoms with Crippen molar-refractivity contribution >= 4 is 38.9 Å². The smallest absolute Gasteiger partial charge is 0.271 e. The fourth-order valence-electron chi connectivity index (χ4n) is 2.78. The number of sulfonamides is 1. The minimum Gasteiger partial charge on any atom is -0.347 e. The van der Waals surface area contributed by atoms with Crippen LogP contribution in [0.3, 0.4) is 0 Å². The van der Waals surface area contributed by atoms with E-state index in [1.807, 2.05) is 12.1 Å². The van der Waals surface area contributed by atoms with Crippen LogP contribution in [0.25, 0.3) is 10.6 Å². The molecule has 158 valence electrons. The van der Waals surface area contributed by atoms with E-state index in [1.165, 1.54) is 11.3 Å². The van der Waals surface area contributed by atoms with Gasteiger partial charge in [-0.2, -0.15) is 0 Å². The van der Waals surface area contributed by atoms with Crippen LogP contribution in [0.1, 0.15) is 35.5 Å². The summed E-state index contributed by atoms with van der Waals surface area (Å²) in [5.74, 6) is -0.351. The lowest BCUT2D eigenvalue weighted by molar-refractivity contribution is 0.0946. The molecule has 0 radical (unpaired) electrons. The Labute approximate surface area is 185 Å². The number of carbonyl (C=O) groups is 1. The Kier molecular flexibility index (Phi) is 7.25. The van der Waals surface area contributed by atoms with E-state index in [0.29, 0.717) is 22.8 Å². The second kappa shape index (κ2) is 9.70. The second-order valence-electron chi connectivity index (χ2n) is 7.08. The van der Waals surface area contributed by atoms with Crippen molar-refractivity contribution in [1.29, 1.82) is 0 Å². The molecule has 0 unspecified atom stereocenters. The van der Waals surface area contributed by atoms with Crippen molar-refractivity contribution in [3.8, 4) is 10.6 Å². The van der Waals surface area contributed by atoms with E-state index in [1.54, 1.807) is 55.6 Å². The molecular formula is C21H22ClN3O3S2. The van der Waals surface area contributed by atoms with Gasteiger partial charge in [-0.25, -0.2) is 18.1 Å². The molecule has 0 aliphatic carbocycles. The number of nitrogens with zero attached hydrogens (tertiary/aromatic N) is 1. The largest absolute Gasteiger partial charge is 0.347 e. The minimum atomic E-state index is -3.37. The highest BCUT2D eigenvalue weighted by Crippen LogP contribution is 2.26. The first-order chi connectivity index (χ1) is 14.2. The predicted molar refractivity (Wildman–Crippen MR) is 121 cm³/mol. The molecule has 2 aromatic carbocycles. The third-order valence-electron chi connectivity index (χ3n) is 4.06. The molecule has 9 heteroatoms. The highest BCUT2D eigenvalue weighted by atomic mass is 35.5. The first-order valence-electron chi connectivity index (χ1n) is 9.29. The van der Waals surface area contributed by atoms with Crippen molar-refractivity contribution in [1.82, 2.24) is 15.0 Å². The van der Waals surface area contributed by atoms with Crippen LogP contribution >= 0.6 is 22.9 Å². The molecule has 0 spiro atoms. The van der Waals surface area contributed by atoms with Crippen molar-refractivity contribution in [2.75, 3.05) is 0 Å². The molecule has 0 fully saturated rings. The Morgan fingerprint density at radius 2 is 1.83 bits per heavy atom. The predicted octanol–water partition coefficient (Wildman–Crippen LogP) is 4.22. The molecule has 3 rings (SSSR count). The number of aromatic nitrogens is 1. The molecule has 6 nitrogen and oxygen atoms in total. The molecule has 1 amide bonds. The summed E-state index contributed by atoms with van der Waals surface area (Å²) >= 11 is 7.39. The van der Waals surface area contributed by atoms with Gasteiger partial charge in [0.2, 0.25) is 10.0 Å². The van der Waals surface area contributed by atoms with Gasteiger partial charge < -0.3 is 5.32 Å². The van der Waals surface area contributed by atoms with Crippen LogP contribution in [-0.2, 0) is 22.3 Å². The summed E-state index contributed by atoms with van der Waals surface area (Å²) < 4.78 is 26.6. The average molecular weight is 464 g/mol. The van der Waals surface area contributed by atoms with Crippen LogP contribution < -0.4 is 10.0 Å². The monoisotopic (exact) mass is 463 g/mol. The van der Waals surface area contributed by atoms with Crippen LogP contribution in [-0.4, -0.2) is 25.4 Å². The first kappa shape index (κ1) is 22.4. The van der Waals surface area contributed by atoms with Crippen molar-refractivity contribution in [2.24, 2.45) is 0 Å². The maximum Gasteiger partial charge on any atom is 0.271 e. The van der Waals surface area contributed by atoms with Gasteiger partial charge in [0.25, 0.3) is 5.91 Å². The van der Waals surface area contributed by atoms with E-state index < -0.39 is 10.0 Å². The number of hydrogen-bond donors (Lipinski definition) is 2. The van der Waals surface area contributed by atoms with Gasteiger partial charge in [0, 0.05) is 28.6 Å². The van der Waals surface area contributed by atoms with Crippen LogP contribution in [0.4, 0.5) is 0 Å². The topological polar surface area (TPSA) is 88.2 Å². The average Bonchev–Trinajstić information content (AvgIpc) is 3.16. The van der Waals surface area contributed by atoms with Crippen molar-refractivity contribution in [2.45, 2.75) is 32.2 Å². The standard InChI is InChI=1S/C21H22ClN3O3S2/c1-14(2)25-30(27,28)13-16-8-6-15(7-9-16)11-23-20(26)19-12-29-21(24-19)17-4-3-5-18(22)10-17/h3-10,12,14,25H,11,13H2,1-2H3,(H,23,26). The lowest BCUT2D eigenvalue weighted by Gasteiger charge is -2.10. The third kappa shape index (κ3) is 6.37. The van der Waals surface area contributed by atoms with Crippen LogP contribution in [0.15, 0.2) is 53.9 Å². The van der Waals surface area contributed by atoms with Gasteiger partial charge >= 0.3 is 0 Å². The van der Waals surface area contributed by atoms with E-state index >= 15 is 0 Å². The summed E-state index contributed by atoms with van der Waals surface area (Å²) in [6.45, 7) is 3.88. The van der Waals surface area contributed by atoms with E-state index in [2.05, 4.69) is 15.0 Å². The number of nitrogens with one attached hydrogen (secondary N) is 2. The molecule has 2 N–H and O–H groups in total. The fourth-order valence-corrected chi connectivity index (χ4v) is 5.20. The van der Waals surface area contributed by atoms with Crippen LogP contribution in [0.2, 0.25) is 5.02 Å². The van der Waals surface area contributed by atoms with Gasteiger partial charge in [-0.15, -0.1) is 11.3 Å². The normalized spacial score (nSPS) is 11.6. The molecule has 0 saturated carbocycles. The molecule has 0 aliphatic rings. The molecule has 0 saturated heterocycles. The van der Waals surface area contributed by atoms with E-state index in [4.69, 9.17) is 11.6 Å². The zero-order valence-corrected chi connectivity index (χ0v) is 18.9. The SMILES string of the molecule is CC(C)NS(=O)(=O)Cc1ccc(CNC(=O)c2csc(-c3cccc(Cl)c3)n2)cc1. The number of rotatable bonds is 8. The molecule has 3 aromatic rings. The van der Waals surface area contributed by atoms with E-state index in [9.17, 15) is 13.2 Å². The van der Waals surface area contributed by atoms with E-state index in [-0.39, 0.29) is 17.7 Å². The highest BCUT2D eigenvalue weighted by molar-refractivity contribution is 7.88. The van der Waals surface area contributed by atoms with E-state index in [0.717, 1.165) is 16.1 Å². The summed E-state index contributed by atoms with van der Waals surface area (Å²) in [6.07, 6.45) is 0. The number of halogens is 1. The lowest BCUT2D eigenvalue weighted by atomic mass is 10.1. The molecular weight excluding hydrogens is 442 g/mol. The van der Waals surface area contributed by atoms with Gasteiger partial charge in [-0.1, -0.05) is 48.0 Å². The summed E-state index contributed by atoms with van der Waals surface area (Å²) in [5.41, 5.74) is 2.76. The van der Waals surface area contributed by atoms with Gasteiger partial charge in [-0.3, -0.25) is 4.79 Å². The Bertz CT molecular complexity index is 1130. The van der Waals surface area contributed by atoms with Crippen molar-refractivity contribution in [3.63, 3.8) is 0 Å². The molecule has 1 heterocycles. The van der Waals surface area contributed by atoms with Gasteiger partial charge in [0.05, 0.1) is 5.75 Å². The van der Waals surface area contributed by atoms with Crippen molar-refractivity contribution < 1.29 is 13.2 Å². The van der Waals surface area contributed by atoms with Gasteiger partial charge in [-0.05, 0) is 37.1 Å². The molecule has 1 aromatic heterocycles. The number of carbonyl (C=O) groups excluding carboxylic acids is 1. The zero-order valence-electron chi connectivity index (χ0n) is 16.6. The maximum atomic E-state index is 12.4. The van der Waals surface area contributed by atoms with Crippen molar-refractivity contribution in [3.05, 3.63) is 75.8 Å². The zero-order chi connectivity index (χ0) is 21.7. The molecule has 0 atom stereocenters. The summed E-state index contributed by atoms with van der Waals surface area (Å²) in [7, 11) is -3.37. The molecule has 0 aliphatic heterocycles. The highest BCUT2D eigenvalue weighted by Gasteiger charge is 2.14. The molecule has 0 bridgehead atoms. The van der Waals surface area contributed by atoms with Crippen LogP contribution in [0, 0.1) is 0 Å². The molecule has 30 heavy (non-hydrogen) atoms. The van der Waals surface area contributed by atoms with Crippen LogP contribution in [0.5, 0.6) is 0 Å². The Morgan fingerprint density at radius 1 is 1.13 bits per heavy atom. The first-order valence-corrected chi connectivity index (χ1v) is 12.2.